The van der Waals surface area contributed by atoms with Crippen LogP contribution in [0.15, 0.2) is 0 Å². The summed E-state index contributed by atoms with van der Waals surface area (Å²) in [6.07, 6.45) is -13.5. The van der Waals surface area contributed by atoms with Crippen LogP contribution in [0.1, 0.15) is 0 Å². The Bertz CT molecular complexity index is 550. The molecule has 14 heteroatoms. The number of esters is 1. The maximum Gasteiger partial charge on any atom is 0.325 e. The molecule has 0 unspecified atom stereocenters. The fourth-order valence-electron chi connectivity index (χ4n) is 2.97. The molecule has 14 nitrogen and oxygen atoms in total. The van der Waals surface area contributed by atoms with E-state index in [9.17, 15) is 40.5 Å². The zero-order chi connectivity index (χ0) is 21.9. The fraction of sp³-hybridized carbons (Fsp3) is 0.933. The Kier molecular flexibility index (Phi) is 8.25. The highest BCUT2D eigenvalue weighted by Gasteiger charge is 2.59. The van der Waals surface area contributed by atoms with E-state index in [1.54, 1.807) is 0 Å². The van der Waals surface area contributed by atoms with Crippen LogP contribution in [-0.4, -0.2) is 134 Å². The average molecular weight is 429 g/mol. The molecular weight excluding hydrogens is 402 g/mol. The Balaban J connectivity index is 2.25. The summed E-state index contributed by atoms with van der Waals surface area (Å²) < 4.78 is 20.7. The molecule has 2 rings (SSSR count). The number of ether oxygens (including phenoxy) is 4. The Labute approximate surface area is 164 Å². The molecule has 0 aromatic carbocycles. The predicted octanol–water partition coefficient (Wildman–Crippen LogP) is -6.53. The number of carbonyl (C=O) groups is 1. The third-order valence-corrected chi connectivity index (χ3v) is 4.76. The summed E-state index contributed by atoms with van der Waals surface area (Å²) >= 11 is 0. The number of aliphatic hydroxyl groups excluding tert-OH is 8. The third kappa shape index (κ3) is 4.84. The Morgan fingerprint density at radius 3 is 2.10 bits per heavy atom. The van der Waals surface area contributed by atoms with Crippen molar-refractivity contribution in [2.24, 2.45) is 5.73 Å². The van der Waals surface area contributed by atoms with Gasteiger partial charge in [0, 0.05) is 0 Å². The second-order valence-corrected chi connectivity index (χ2v) is 6.80. The Morgan fingerprint density at radius 2 is 1.59 bits per heavy atom. The molecule has 2 heterocycles. The maximum absolute atomic E-state index is 11.8. The van der Waals surface area contributed by atoms with Crippen molar-refractivity contribution in [3.05, 3.63) is 0 Å². The van der Waals surface area contributed by atoms with Gasteiger partial charge in [0.2, 0.25) is 5.79 Å². The second-order valence-electron chi connectivity index (χ2n) is 6.80. The Morgan fingerprint density at radius 1 is 0.966 bits per heavy atom. The van der Waals surface area contributed by atoms with Crippen molar-refractivity contribution < 1.29 is 64.6 Å². The highest BCUT2D eigenvalue weighted by Crippen LogP contribution is 2.36. The van der Waals surface area contributed by atoms with Crippen LogP contribution >= 0.6 is 0 Å². The number of hydrogen-bond donors (Lipinski definition) is 9. The molecule has 0 bridgehead atoms. The van der Waals surface area contributed by atoms with E-state index in [0.29, 0.717) is 0 Å². The number of hydrogen-bond acceptors (Lipinski definition) is 14. The summed E-state index contributed by atoms with van der Waals surface area (Å²) in [5, 5.41) is 77.7. The SMILES string of the molecule is N[C@@H](CO)C(=O)OC[C@@]1(O[C@H]2O[C@H](CO)[C@@H](O)[C@H](O)[C@H]2O)O[C@H](CO)[C@@H](O)[C@@H]1O. The van der Waals surface area contributed by atoms with Crippen LogP contribution in [0, 0.1) is 0 Å². The lowest BCUT2D eigenvalue weighted by Crippen LogP contribution is -2.63. The molecule has 10 atom stereocenters. The van der Waals surface area contributed by atoms with E-state index in [1.807, 2.05) is 0 Å². The van der Waals surface area contributed by atoms with Crippen molar-refractivity contribution in [2.45, 2.75) is 60.8 Å². The van der Waals surface area contributed by atoms with Gasteiger partial charge in [-0.1, -0.05) is 0 Å². The van der Waals surface area contributed by atoms with Gasteiger partial charge < -0.3 is 65.5 Å². The lowest BCUT2D eigenvalue weighted by Gasteiger charge is -2.43. The summed E-state index contributed by atoms with van der Waals surface area (Å²) in [6.45, 7) is -3.18. The first-order chi connectivity index (χ1) is 13.6. The monoisotopic (exact) mass is 429 g/mol. The lowest BCUT2D eigenvalue weighted by atomic mass is 9.99. The van der Waals surface area contributed by atoms with E-state index in [-0.39, 0.29) is 0 Å². The van der Waals surface area contributed by atoms with Gasteiger partial charge in [-0.2, -0.15) is 0 Å². The molecule has 29 heavy (non-hydrogen) atoms. The van der Waals surface area contributed by atoms with Crippen molar-refractivity contribution in [3.8, 4) is 0 Å². The van der Waals surface area contributed by atoms with Crippen molar-refractivity contribution >= 4 is 5.97 Å². The molecule has 0 saturated carbocycles. The minimum atomic E-state index is -2.38. The van der Waals surface area contributed by atoms with E-state index in [1.165, 1.54) is 0 Å². The predicted molar refractivity (Wildman–Crippen MR) is 87.6 cm³/mol. The number of rotatable bonds is 8. The highest BCUT2D eigenvalue weighted by atomic mass is 16.8. The molecular formula is C15H27NO13. The van der Waals surface area contributed by atoms with Gasteiger partial charge in [0.15, 0.2) is 6.29 Å². The zero-order valence-corrected chi connectivity index (χ0v) is 15.2. The first-order valence-corrected chi connectivity index (χ1v) is 8.78. The molecule has 0 aromatic heterocycles. The smallest absolute Gasteiger partial charge is 0.325 e. The highest BCUT2D eigenvalue weighted by molar-refractivity contribution is 5.75. The van der Waals surface area contributed by atoms with Gasteiger partial charge in [0.1, 0.15) is 55.4 Å². The number of aliphatic hydroxyl groups is 8. The van der Waals surface area contributed by atoms with Crippen LogP contribution in [-0.2, 0) is 23.7 Å². The van der Waals surface area contributed by atoms with Crippen LogP contribution < -0.4 is 5.73 Å². The first kappa shape index (κ1) is 24.3. The second kappa shape index (κ2) is 9.86. The van der Waals surface area contributed by atoms with E-state index in [0.717, 1.165) is 0 Å². The standard InChI is InChI=1S/C15H27NO13/c16-5(1-17)13(25)26-4-15(12(24)9(21)7(3-19)28-15)29-14-11(23)10(22)8(20)6(2-18)27-14/h5-12,14,17-24H,1-4,16H2/t5-,6+,7+,8+,9+,10-,11+,12-,14+,15-/m0/s1. The van der Waals surface area contributed by atoms with Gasteiger partial charge in [0.05, 0.1) is 19.8 Å². The van der Waals surface area contributed by atoms with Crippen LogP contribution in [0.5, 0.6) is 0 Å². The van der Waals surface area contributed by atoms with Gasteiger partial charge in [-0.25, -0.2) is 0 Å². The van der Waals surface area contributed by atoms with Crippen LogP contribution in [0.4, 0.5) is 0 Å². The van der Waals surface area contributed by atoms with Crippen LogP contribution in [0.2, 0.25) is 0 Å². The number of carbonyl (C=O) groups excluding carboxylic acids is 1. The molecule has 2 saturated heterocycles. The van der Waals surface area contributed by atoms with Crippen molar-refractivity contribution in [1.29, 1.82) is 0 Å². The minimum absolute atomic E-state index is 0.745. The summed E-state index contributed by atoms with van der Waals surface area (Å²) in [5.41, 5.74) is 5.32. The molecule has 0 amide bonds. The van der Waals surface area contributed by atoms with Crippen molar-refractivity contribution in [3.63, 3.8) is 0 Å². The topological polar surface area (TPSA) is 242 Å². The van der Waals surface area contributed by atoms with Gasteiger partial charge in [-0.3, -0.25) is 4.79 Å². The molecule has 10 N–H and O–H groups in total. The molecule has 0 spiro atoms. The Hall–Kier alpha value is -1.01. The average Bonchev–Trinajstić information content (AvgIpc) is 2.96. The minimum Gasteiger partial charge on any atom is -0.459 e. The van der Waals surface area contributed by atoms with Gasteiger partial charge >= 0.3 is 5.97 Å². The number of nitrogens with two attached hydrogens (primary N) is 1. The largest absolute Gasteiger partial charge is 0.459 e. The molecule has 2 aliphatic heterocycles. The summed E-state index contributed by atoms with van der Waals surface area (Å²) in [5.74, 6) is -3.49. The van der Waals surface area contributed by atoms with E-state index < -0.39 is 93.2 Å². The molecule has 2 aliphatic rings. The van der Waals surface area contributed by atoms with Crippen molar-refractivity contribution in [1.82, 2.24) is 0 Å². The normalized spacial score (nSPS) is 43.9. The quantitative estimate of drug-likeness (QED) is 0.163. The molecule has 170 valence electrons. The van der Waals surface area contributed by atoms with E-state index >= 15 is 0 Å². The van der Waals surface area contributed by atoms with Gasteiger partial charge in [-0.05, 0) is 0 Å². The third-order valence-electron chi connectivity index (χ3n) is 4.76. The summed E-state index contributed by atoms with van der Waals surface area (Å²) in [7, 11) is 0. The maximum atomic E-state index is 11.8. The van der Waals surface area contributed by atoms with E-state index in [2.05, 4.69) is 0 Å². The summed E-state index contributed by atoms with van der Waals surface area (Å²) in [6, 6.07) is -1.42. The lowest BCUT2D eigenvalue weighted by molar-refractivity contribution is -0.383. The molecule has 0 aromatic rings. The van der Waals surface area contributed by atoms with E-state index in [4.69, 9.17) is 29.8 Å². The fourth-order valence-corrected chi connectivity index (χ4v) is 2.97. The van der Waals surface area contributed by atoms with Crippen LogP contribution in [0.25, 0.3) is 0 Å². The van der Waals surface area contributed by atoms with Gasteiger partial charge in [0.25, 0.3) is 0 Å². The molecule has 0 radical (unpaired) electrons. The zero-order valence-electron chi connectivity index (χ0n) is 15.2. The summed E-state index contributed by atoms with van der Waals surface area (Å²) in [4.78, 5) is 11.8. The molecule has 2 fully saturated rings. The van der Waals surface area contributed by atoms with Gasteiger partial charge in [-0.15, -0.1) is 0 Å². The van der Waals surface area contributed by atoms with Crippen LogP contribution in [0.3, 0.4) is 0 Å². The molecule has 0 aliphatic carbocycles. The first-order valence-electron chi connectivity index (χ1n) is 8.78. The van der Waals surface area contributed by atoms with Crippen molar-refractivity contribution in [2.75, 3.05) is 26.4 Å².